The van der Waals surface area contributed by atoms with E-state index in [1.54, 1.807) is 24.3 Å². The van der Waals surface area contributed by atoms with Gasteiger partial charge in [0.25, 0.3) is 5.56 Å². The molecule has 2 unspecified atom stereocenters. The maximum Gasteiger partial charge on any atom is 0.392 e. The number of H-pyrrole nitrogens is 1. The van der Waals surface area contributed by atoms with Crippen molar-refractivity contribution in [2.75, 3.05) is 24.8 Å². The minimum absolute atomic E-state index is 0.000979. The summed E-state index contributed by atoms with van der Waals surface area (Å²) in [6.45, 7) is -3.62. The summed E-state index contributed by atoms with van der Waals surface area (Å²) < 4.78 is 46.9. The third-order valence-corrected chi connectivity index (χ3v) is 11.4. The van der Waals surface area contributed by atoms with Crippen molar-refractivity contribution in [3.05, 3.63) is 75.6 Å². The van der Waals surface area contributed by atoms with E-state index in [0.717, 1.165) is 22.0 Å². The first-order chi connectivity index (χ1) is 23.5. The van der Waals surface area contributed by atoms with E-state index in [1.165, 1.54) is 37.5 Å². The average molecular weight is 721 g/mol. The number of hydrogen-bond donors (Lipinski definition) is 5. The molecule has 6 N–H and O–H groups in total. The Morgan fingerprint density at radius 3 is 2.61 bits per heavy atom. The standard InChI is InChI=1S/C28H33N8O11PS/c1-14(38)33-16-5-3-15(4-6-16)11-49-48(42,46-22-18(10-37)44-26(23(22)43-2)35-8-7-19(40)34-28(35)41)47-27-17(39)9-20(45-27)36-13-32-21-24(29)30-12-31-25(21)36/h3-8,12-13,17-18,20,22-23,26-27,37,39H,9-11H2,1-2H3,(H,33,38)(H2,29,30,31)(H,34,40,41)/t17-,18-,20-,22+,23?,26-,27-,48?/m1/s1. The number of hydrogen-bond acceptors (Lipinski definition) is 16. The third-order valence-electron chi connectivity index (χ3n) is 7.76. The number of carbonyl (C=O) groups excluding carboxylic acids is 1. The van der Waals surface area contributed by atoms with Crippen LogP contribution in [0.1, 0.15) is 31.4 Å². The Kier molecular flexibility index (Phi) is 10.3. The van der Waals surface area contributed by atoms with Gasteiger partial charge in [0.05, 0.1) is 12.9 Å². The van der Waals surface area contributed by atoms with Crippen molar-refractivity contribution in [3.63, 3.8) is 0 Å². The molecule has 49 heavy (non-hydrogen) atoms. The molecule has 8 atom stereocenters. The summed E-state index contributed by atoms with van der Waals surface area (Å²) in [6, 6.07) is 7.88. The predicted octanol–water partition coefficient (Wildman–Crippen LogP) is 0.871. The summed E-state index contributed by atoms with van der Waals surface area (Å²) in [4.78, 5) is 50.2. The number of aromatic nitrogens is 6. The molecule has 262 valence electrons. The minimum atomic E-state index is -4.38. The molecule has 19 nitrogen and oxygen atoms in total. The van der Waals surface area contributed by atoms with Gasteiger partial charge in [-0.05, 0) is 29.1 Å². The van der Waals surface area contributed by atoms with E-state index in [1.807, 2.05) is 0 Å². The molecule has 1 aromatic carbocycles. The zero-order chi connectivity index (χ0) is 34.9. The molecule has 2 aliphatic rings. The fourth-order valence-electron chi connectivity index (χ4n) is 5.46. The quantitative estimate of drug-likeness (QED) is 0.127. The SMILES string of the molecule is COC1[C@@H](OP(=O)(O[C@H]2O[C@@H](n3cnc4c(N)ncnc43)C[C@H]2O)SCc2ccc(NC(C)=O)cc2)[C@@H](CO)O[C@H]1n1ccc(=O)[nH]c1=O. The summed E-state index contributed by atoms with van der Waals surface area (Å²) in [5, 5.41) is 23.9. The highest BCUT2D eigenvalue weighted by Crippen LogP contribution is 2.65. The smallest absolute Gasteiger partial charge is 0.392 e. The van der Waals surface area contributed by atoms with Crippen molar-refractivity contribution in [1.29, 1.82) is 0 Å². The molecule has 0 aliphatic carbocycles. The number of nitrogen functional groups attached to an aromatic ring is 1. The number of anilines is 2. The molecule has 0 saturated carbocycles. The van der Waals surface area contributed by atoms with E-state index < -0.39 is 67.8 Å². The Morgan fingerprint density at radius 1 is 1.14 bits per heavy atom. The Bertz CT molecular complexity index is 1970. The van der Waals surface area contributed by atoms with E-state index in [-0.39, 0.29) is 23.9 Å². The van der Waals surface area contributed by atoms with Crippen LogP contribution >= 0.6 is 18.2 Å². The number of amides is 1. The van der Waals surface area contributed by atoms with E-state index in [2.05, 4.69) is 25.3 Å². The van der Waals surface area contributed by atoms with E-state index >= 15 is 0 Å². The second-order valence-electron chi connectivity index (χ2n) is 11.1. The first-order valence-electron chi connectivity index (χ1n) is 14.8. The second-order valence-corrected chi connectivity index (χ2v) is 15.1. The molecule has 2 saturated heterocycles. The summed E-state index contributed by atoms with van der Waals surface area (Å²) >= 11 is 0.770. The number of fused-ring (bicyclic) bond motifs is 1. The van der Waals surface area contributed by atoms with Gasteiger partial charge in [-0.1, -0.05) is 12.1 Å². The molecule has 0 bridgehead atoms. The molecule has 3 aromatic heterocycles. The van der Waals surface area contributed by atoms with Crippen LogP contribution in [0.15, 0.2) is 58.8 Å². The lowest BCUT2D eigenvalue weighted by Gasteiger charge is -2.29. The van der Waals surface area contributed by atoms with Crippen LogP contribution in [-0.4, -0.2) is 89.6 Å². The normalized spacial score (nSPS) is 26.6. The number of methoxy groups -OCH3 is 1. The molecule has 0 spiro atoms. The topological polar surface area (TPSA) is 257 Å². The number of nitrogens with zero attached hydrogens (tertiary/aromatic N) is 5. The molecule has 4 aromatic rings. The fourth-order valence-corrected chi connectivity index (χ4v) is 8.97. The van der Waals surface area contributed by atoms with Gasteiger partial charge in [-0.15, -0.1) is 0 Å². The van der Waals surface area contributed by atoms with Gasteiger partial charge in [-0.3, -0.25) is 32.8 Å². The minimum Gasteiger partial charge on any atom is -0.394 e. The van der Waals surface area contributed by atoms with Gasteiger partial charge in [0, 0.05) is 44.2 Å². The molecule has 5 heterocycles. The Hall–Kier alpha value is -3.98. The van der Waals surface area contributed by atoms with Crippen LogP contribution in [0.2, 0.25) is 0 Å². The van der Waals surface area contributed by atoms with Crippen LogP contribution in [0.5, 0.6) is 0 Å². The molecule has 6 rings (SSSR count). The maximum atomic E-state index is 14.7. The lowest BCUT2D eigenvalue weighted by atomic mass is 10.1. The molecular weight excluding hydrogens is 687 g/mol. The fraction of sp³-hybridized carbons (Fsp3) is 0.429. The van der Waals surface area contributed by atoms with E-state index in [9.17, 15) is 29.2 Å². The van der Waals surface area contributed by atoms with Crippen molar-refractivity contribution in [1.82, 2.24) is 29.1 Å². The number of nitrogens with one attached hydrogen (secondary N) is 2. The zero-order valence-electron chi connectivity index (χ0n) is 26.0. The zero-order valence-corrected chi connectivity index (χ0v) is 27.7. The number of aliphatic hydroxyl groups is 2. The van der Waals surface area contributed by atoms with Crippen LogP contribution in [0.25, 0.3) is 11.2 Å². The highest BCUT2D eigenvalue weighted by molar-refractivity contribution is 8.54. The van der Waals surface area contributed by atoms with Gasteiger partial charge in [-0.2, -0.15) is 0 Å². The summed E-state index contributed by atoms with van der Waals surface area (Å²) in [6.07, 6.45) is -4.46. The molecule has 21 heteroatoms. The van der Waals surface area contributed by atoms with Crippen LogP contribution in [-0.2, 0) is 38.4 Å². The van der Waals surface area contributed by atoms with Gasteiger partial charge in [0.2, 0.25) is 5.91 Å². The van der Waals surface area contributed by atoms with Gasteiger partial charge in [-0.25, -0.2) is 24.3 Å². The number of aliphatic hydroxyl groups excluding tert-OH is 2. The van der Waals surface area contributed by atoms with Gasteiger partial charge in [0.1, 0.15) is 42.5 Å². The largest absolute Gasteiger partial charge is 0.394 e. The Morgan fingerprint density at radius 2 is 1.92 bits per heavy atom. The second kappa shape index (κ2) is 14.5. The number of imidazole rings is 1. The van der Waals surface area contributed by atoms with Crippen molar-refractivity contribution < 1.29 is 42.8 Å². The number of nitrogens with two attached hydrogens (primary N) is 1. The summed E-state index contributed by atoms with van der Waals surface area (Å²) in [7, 11) is 1.31. The van der Waals surface area contributed by atoms with Crippen LogP contribution < -0.4 is 22.3 Å². The number of carbonyl (C=O) groups is 1. The highest BCUT2D eigenvalue weighted by atomic mass is 32.7. The van der Waals surface area contributed by atoms with Crippen LogP contribution in [0, 0.1) is 0 Å². The van der Waals surface area contributed by atoms with Crippen molar-refractivity contribution >= 4 is 46.8 Å². The van der Waals surface area contributed by atoms with Crippen molar-refractivity contribution in [3.8, 4) is 0 Å². The van der Waals surface area contributed by atoms with Crippen LogP contribution in [0.3, 0.4) is 0 Å². The molecule has 2 fully saturated rings. The average Bonchev–Trinajstić information content (AvgIpc) is 3.75. The van der Waals surface area contributed by atoms with Crippen LogP contribution in [0.4, 0.5) is 11.5 Å². The van der Waals surface area contributed by atoms with E-state index in [4.69, 9.17) is 29.0 Å². The highest BCUT2D eigenvalue weighted by Gasteiger charge is 2.52. The summed E-state index contributed by atoms with van der Waals surface area (Å²) in [5.74, 6) is -0.0139. The van der Waals surface area contributed by atoms with Crippen molar-refractivity contribution in [2.24, 2.45) is 0 Å². The first kappa shape index (κ1) is 34.9. The monoisotopic (exact) mass is 720 g/mol. The van der Waals surface area contributed by atoms with Crippen molar-refractivity contribution in [2.45, 2.75) is 62.3 Å². The molecule has 0 radical (unpaired) electrons. The number of aromatic amines is 1. The maximum absolute atomic E-state index is 14.7. The van der Waals surface area contributed by atoms with E-state index in [0.29, 0.717) is 22.4 Å². The Labute approximate surface area is 281 Å². The number of ether oxygens (including phenoxy) is 3. The number of benzene rings is 1. The van der Waals surface area contributed by atoms with Gasteiger partial charge < -0.3 is 35.5 Å². The van der Waals surface area contributed by atoms with Gasteiger partial charge >= 0.3 is 12.5 Å². The van der Waals surface area contributed by atoms with Gasteiger partial charge in [0.15, 0.2) is 24.0 Å². The molecule has 2 aliphatic heterocycles. The summed E-state index contributed by atoms with van der Waals surface area (Å²) in [5.41, 5.74) is 6.40. The number of rotatable bonds is 12. The Balaban J connectivity index is 1.27. The first-order valence-corrected chi connectivity index (χ1v) is 18.0. The predicted molar refractivity (Wildman–Crippen MR) is 173 cm³/mol. The molecule has 1 amide bonds. The lowest BCUT2D eigenvalue weighted by Crippen LogP contribution is -2.40. The lowest BCUT2D eigenvalue weighted by molar-refractivity contribution is -0.131. The molecular formula is C28H33N8O11PS. The third kappa shape index (κ3) is 7.47.